The van der Waals surface area contributed by atoms with Crippen LogP contribution in [0.15, 0.2) is 53.2 Å². The summed E-state index contributed by atoms with van der Waals surface area (Å²) in [4.78, 5) is 16.9. The predicted octanol–water partition coefficient (Wildman–Crippen LogP) is 4.27. The average Bonchev–Trinajstić information content (AvgIpc) is 3.01. The van der Waals surface area contributed by atoms with Gasteiger partial charge in [-0.1, -0.05) is 56.3 Å². The van der Waals surface area contributed by atoms with Crippen LogP contribution in [0.4, 0.5) is 0 Å². The van der Waals surface area contributed by atoms with Crippen LogP contribution in [-0.4, -0.2) is 16.0 Å². The van der Waals surface area contributed by atoms with E-state index in [1.54, 1.807) is 13.1 Å². The summed E-state index contributed by atoms with van der Waals surface area (Å²) >= 11 is 0. The molecule has 2 aromatic heterocycles. The smallest absolute Gasteiger partial charge is 0.257 e. The van der Waals surface area contributed by atoms with Gasteiger partial charge in [0.25, 0.3) is 5.91 Å². The highest BCUT2D eigenvalue weighted by molar-refractivity contribution is 6.00. The summed E-state index contributed by atoms with van der Waals surface area (Å²) in [7, 11) is 0. The van der Waals surface area contributed by atoms with Gasteiger partial charge in [-0.05, 0) is 30.0 Å². The molecule has 0 atom stereocenters. The van der Waals surface area contributed by atoms with E-state index in [2.05, 4.69) is 48.4 Å². The Bertz CT molecular complexity index is 891. The van der Waals surface area contributed by atoms with E-state index in [1.807, 2.05) is 30.3 Å². The number of pyridine rings is 1. The minimum absolute atomic E-state index is 0.0682. The number of rotatable bonds is 4. The molecule has 5 nitrogen and oxygen atoms in total. The Morgan fingerprint density at radius 2 is 1.85 bits per heavy atom. The van der Waals surface area contributed by atoms with Crippen molar-refractivity contribution in [1.29, 1.82) is 0 Å². The van der Waals surface area contributed by atoms with Gasteiger partial charge in [0.15, 0.2) is 5.76 Å². The summed E-state index contributed by atoms with van der Waals surface area (Å²) in [6, 6.07) is 13.7. The highest BCUT2D eigenvalue weighted by atomic mass is 16.5. The maximum atomic E-state index is 12.7. The lowest BCUT2D eigenvalue weighted by atomic mass is 9.86. The van der Waals surface area contributed by atoms with Gasteiger partial charge in [-0.2, -0.15) is 0 Å². The zero-order valence-corrected chi connectivity index (χ0v) is 15.5. The molecule has 0 saturated carbocycles. The molecule has 0 aliphatic heterocycles. The van der Waals surface area contributed by atoms with Crippen LogP contribution in [0.25, 0.3) is 11.3 Å². The van der Waals surface area contributed by atoms with Crippen LogP contribution in [0.1, 0.15) is 48.1 Å². The van der Waals surface area contributed by atoms with Gasteiger partial charge in [0.05, 0.1) is 17.9 Å². The van der Waals surface area contributed by atoms with Gasteiger partial charge in [-0.15, -0.1) is 0 Å². The monoisotopic (exact) mass is 349 g/mol. The first kappa shape index (κ1) is 17.9. The lowest BCUT2D eigenvalue weighted by Crippen LogP contribution is -2.24. The highest BCUT2D eigenvalue weighted by Crippen LogP contribution is 2.29. The average molecular weight is 349 g/mol. The van der Waals surface area contributed by atoms with E-state index in [9.17, 15) is 4.79 Å². The summed E-state index contributed by atoms with van der Waals surface area (Å²) in [6.07, 6.45) is 1.70. The van der Waals surface area contributed by atoms with Gasteiger partial charge in [0, 0.05) is 11.8 Å². The summed E-state index contributed by atoms with van der Waals surface area (Å²) in [6.45, 7) is 8.62. The number of benzene rings is 1. The van der Waals surface area contributed by atoms with Gasteiger partial charge in [-0.25, -0.2) is 0 Å². The first-order valence-corrected chi connectivity index (χ1v) is 8.61. The minimum Gasteiger partial charge on any atom is -0.355 e. The lowest BCUT2D eigenvalue weighted by Gasteiger charge is -2.18. The number of carbonyl (C=O) groups excluding carboxylic acids is 1. The van der Waals surface area contributed by atoms with Crippen molar-refractivity contribution in [3.63, 3.8) is 0 Å². The molecule has 0 radical (unpaired) electrons. The van der Waals surface area contributed by atoms with Crippen LogP contribution in [0.2, 0.25) is 0 Å². The van der Waals surface area contributed by atoms with Crippen LogP contribution < -0.4 is 5.32 Å². The van der Waals surface area contributed by atoms with Crippen molar-refractivity contribution in [3.8, 4) is 11.3 Å². The maximum absolute atomic E-state index is 12.7. The van der Waals surface area contributed by atoms with E-state index in [4.69, 9.17) is 4.52 Å². The maximum Gasteiger partial charge on any atom is 0.257 e. The fraction of sp³-hybridized carbons (Fsp3) is 0.286. The van der Waals surface area contributed by atoms with E-state index < -0.39 is 0 Å². The Kier molecular flexibility index (Phi) is 4.89. The third kappa shape index (κ3) is 3.82. The first-order valence-electron chi connectivity index (χ1n) is 8.61. The molecule has 5 heteroatoms. The van der Waals surface area contributed by atoms with Crippen molar-refractivity contribution >= 4 is 5.91 Å². The van der Waals surface area contributed by atoms with Gasteiger partial charge in [-0.3, -0.25) is 9.78 Å². The zero-order chi connectivity index (χ0) is 18.7. The topological polar surface area (TPSA) is 68.0 Å². The van der Waals surface area contributed by atoms with E-state index >= 15 is 0 Å². The Labute approximate surface area is 153 Å². The first-order chi connectivity index (χ1) is 12.4. The number of aryl methyl sites for hydroxylation is 1. The number of carbonyl (C=O) groups is 1. The van der Waals surface area contributed by atoms with Crippen molar-refractivity contribution in [3.05, 3.63) is 71.2 Å². The van der Waals surface area contributed by atoms with Crippen LogP contribution in [0.5, 0.6) is 0 Å². The van der Waals surface area contributed by atoms with Gasteiger partial charge >= 0.3 is 0 Å². The van der Waals surface area contributed by atoms with Crippen LogP contribution >= 0.6 is 0 Å². The molecule has 134 valence electrons. The summed E-state index contributed by atoms with van der Waals surface area (Å²) in [5.74, 6) is 0.269. The van der Waals surface area contributed by atoms with Crippen molar-refractivity contribution in [2.24, 2.45) is 0 Å². The van der Waals surface area contributed by atoms with E-state index in [-0.39, 0.29) is 11.3 Å². The summed E-state index contributed by atoms with van der Waals surface area (Å²) in [5.41, 5.74) is 3.95. The van der Waals surface area contributed by atoms with Gasteiger partial charge in [0.2, 0.25) is 0 Å². The fourth-order valence-corrected chi connectivity index (χ4v) is 2.72. The molecule has 3 rings (SSSR count). The number of aromatic nitrogens is 2. The van der Waals surface area contributed by atoms with Crippen LogP contribution in [0.3, 0.4) is 0 Å². The molecular formula is C21H23N3O2. The SMILES string of the molecule is Cc1noc(-c2ccc(C(C)(C)C)cc2)c1C(=O)NCc1ccccn1. The Hall–Kier alpha value is -2.95. The molecule has 0 saturated heterocycles. The third-order valence-corrected chi connectivity index (χ3v) is 4.26. The minimum atomic E-state index is -0.218. The third-order valence-electron chi connectivity index (χ3n) is 4.26. The van der Waals surface area contributed by atoms with Crippen LogP contribution in [0, 0.1) is 6.92 Å². The Balaban J connectivity index is 1.83. The van der Waals surface area contributed by atoms with E-state index in [0.717, 1.165) is 11.3 Å². The molecule has 1 N–H and O–H groups in total. The second-order valence-corrected chi connectivity index (χ2v) is 7.30. The molecule has 26 heavy (non-hydrogen) atoms. The fourth-order valence-electron chi connectivity index (χ4n) is 2.72. The van der Waals surface area contributed by atoms with Crippen molar-refractivity contribution < 1.29 is 9.32 Å². The van der Waals surface area contributed by atoms with E-state index in [1.165, 1.54) is 5.56 Å². The Morgan fingerprint density at radius 1 is 1.12 bits per heavy atom. The van der Waals surface area contributed by atoms with Gasteiger partial charge < -0.3 is 9.84 Å². The van der Waals surface area contributed by atoms with Crippen molar-refractivity contribution in [1.82, 2.24) is 15.5 Å². The van der Waals surface area contributed by atoms with Crippen molar-refractivity contribution in [2.45, 2.75) is 39.7 Å². The molecular weight excluding hydrogens is 326 g/mol. The van der Waals surface area contributed by atoms with E-state index in [0.29, 0.717) is 23.6 Å². The van der Waals surface area contributed by atoms with Crippen molar-refractivity contribution in [2.75, 3.05) is 0 Å². The molecule has 0 aliphatic carbocycles. The van der Waals surface area contributed by atoms with Gasteiger partial charge in [0.1, 0.15) is 5.56 Å². The predicted molar refractivity (Wildman–Crippen MR) is 101 cm³/mol. The quantitative estimate of drug-likeness (QED) is 0.764. The Morgan fingerprint density at radius 3 is 2.46 bits per heavy atom. The normalized spacial score (nSPS) is 11.4. The highest BCUT2D eigenvalue weighted by Gasteiger charge is 2.22. The second-order valence-electron chi connectivity index (χ2n) is 7.30. The second kappa shape index (κ2) is 7.12. The molecule has 1 aromatic carbocycles. The van der Waals surface area contributed by atoms with Crippen LogP contribution in [-0.2, 0) is 12.0 Å². The number of nitrogens with zero attached hydrogens (tertiary/aromatic N) is 2. The number of hydrogen-bond donors (Lipinski definition) is 1. The lowest BCUT2D eigenvalue weighted by molar-refractivity contribution is 0.0950. The summed E-state index contributed by atoms with van der Waals surface area (Å²) in [5, 5.41) is 6.88. The molecule has 1 amide bonds. The molecule has 0 unspecified atom stereocenters. The molecule has 0 fully saturated rings. The number of amides is 1. The standard InChI is InChI=1S/C21H23N3O2/c1-14-18(20(25)23-13-17-7-5-6-12-22-17)19(26-24-14)15-8-10-16(11-9-15)21(2,3)4/h5-12H,13H2,1-4H3,(H,23,25). The molecule has 0 aliphatic rings. The summed E-state index contributed by atoms with van der Waals surface area (Å²) < 4.78 is 5.45. The number of nitrogens with one attached hydrogen (secondary N) is 1. The zero-order valence-electron chi connectivity index (χ0n) is 15.5. The molecule has 3 aromatic rings. The molecule has 2 heterocycles. The largest absolute Gasteiger partial charge is 0.355 e. The molecule has 0 bridgehead atoms. The molecule has 0 spiro atoms. The number of hydrogen-bond acceptors (Lipinski definition) is 4.